The molecule has 60 valence electrons. The fourth-order valence-corrected chi connectivity index (χ4v) is 1.20. The lowest BCUT2D eigenvalue weighted by atomic mass is 10.1. The van der Waals surface area contributed by atoms with Crippen LogP contribution in [0.5, 0.6) is 0 Å². The molecule has 0 aromatic rings. The molecule has 0 bridgehead atoms. The van der Waals surface area contributed by atoms with Gasteiger partial charge in [0.1, 0.15) is 5.84 Å². The number of nitrogens with one attached hydrogen (secondary N) is 1. The Hall–Kier alpha value is -1.05. The molecule has 0 radical (unpaired) electrons. The van der Waals surface area contributed by atoms with Gasteiger partial charge in [-0.15, -0.1) is 0 Å². The van der Waals surface area contributed by atoms with Crippen molar-refractivity contribution in [1.29, 1.82) is 0 Å². The molecule has 0 spiro atoms. The lowest BCUT2D eigenvalue weighted by molar-refractivity contribution is 0.802. The summed E-state index contributed by atoms with van der Waals surface area (Å²) >= 11 is 0. The molecule has 0 aromatic heterocycles. The monoisotopic (exact) mass is 150 g/mol. The van der Waals surface area contributed by atoms with E-state index in [0.29, 0.717) is 0 Å². The Morgan fingerprint density at radius 2 is 2.45 bits per heavy atom. The van der Waals surface area contributed by atoms with Crippen molar-refractivity contribution in [3.8, 4) is 0 Å². The highest BCUT2D eigenvalue weighted by Gasteiger charge is 2.08. The second kappa shape index (κ2) is 3.96. The molecule has 1 heterocycles. The molecule has 1 aliphatic rings. The van der Waals surface area contributed by atoms with Crippen molar-refractivity contribution < 1.29 is 0 Å². The van der Waals surface area contributed by atoms with E-state index in [1.807, 2.05) is 6.92 Å². The summed E-state index contributed by atoms with van der Waals surface area (Å²) in [5.41, 5.74) is 1.30. The van der Waals surface area contributed by atoms with E-state index in [1.165, 1.54) is 12.0 Å². The molecular formula is C9H14N2. The van der Waals surface area contributed by atoms with Crippen LogP contribution in [0.2, 0.25) is 0 Å². The van der Waals surface area contributed by atoms with Gasteiger partial charge in [0.15, 0.2) is 0 Å². The fourth-order valence-electron chi connectivity index (χ4n) is 1.20. The Morgan fingerprint density at radius 1 is 1.64 bits per heavy atom. The number of aliphatic imine (C=N–C) groups is 1. The average Bonchev–Trinajstić information content (AvgIpc) is 2.06. The number of hydrogen-bond acceptors (Lipinski definition) is 2. The minimum absolute atomic E-state index is 0.938. The zero-order valence-corrected chi connectivity index (χ0v) is 6.93. The topological polar surface area (TPSA) is 24.4 Å². The maximum absolute atomic E-state index is 4.34. The molecule has 0 atom stereocenters. The van der Waals surface area contributed by atoms with Crippen molar-refractivity contribution in [1.82, 2.24) is 5.32 Å². The molecule has 0 aromatic carbocycles. The molecule has 0 fully saturated rings. The normalized spacial score (nSPS) is 21.2. The quantitative estimate of drug-likeness (QED) is 0.606. The highest BCUT2D eigenvalue weighted by atomic mass is 15.0. The number of amidine groups is 1. The van der Waals surface area contributed by atoms with E-state index < -0.39 is 0 Å². The van der Waals surface area contributed by atoms with Crippen molar-refractivity contribution >= 4 is 5.84 Å². The number of hydrogen-bond donors (Lipinski definition) is 1. The maximum Gasteiger partial charge on any atom is 0.127 e. The van der Waals surface area contributed by atoms with E-state index in [1.54, 1.807) is 6.20 Å². The Bertz CT molecular complexity index is 202. The van der Waals surface area contributed by atoms with Gasteiger partial charge in [-0.25, -0.2) is 0 Å². The van der Waals surface area contributed by atoms with Crippen LogP contribution >= 0.6 is 0 Å². The van der Waals surface area contributed by atoms with Crippen molar-refractivity contribution in [2.45, 2.75) is 19.8 Å². The molecular weight excluding hydrogens is 136 g/mol. The van der Waals surface area contributed by atoms with Crippen LogP contribution in [0.1, 0.15) is 19.8 Å². The zero-order valence-electron chi connectivity index (χ0n) is 6.93. The first-order chi connectivity index (χ1) is 5.38. The van der Waals surface area contributed by atoms with Gasteiger partial charge in [-0.2, -0.15) is 0 Å². The summed E-state index contributed by atoms with van der Waals surface area (Å²) in [5, 5.41) is 3.03. The van der Waals surface area contributed by atoms with Crippen LogP contribution in [0.4, 0.5) is 0 Å². The molecule has 11 heavy (non-hydrogen) atoms. The minimum atomic E-state index is 0.938. The van der Waals surface area contributed by atoms with Crippen molar-refractivity contribution in [3.05, 3.63) is 24.4 Å². The van der Waals surface area contributed by atoms with E-state index in [-0.39, 0.29) is 0 Å². The molecule has 0 amide bonds. The van der Waals surface area contributed by atoms with Gasteiger partial charge < -0.3 is 5.32 Å². The molecule has 0 unspecified atom stereocenters. The summed E-state index contributed by atoms with van der Waals surface area (Å²) < 4.78 is 0. The third-order valence-electron chi connectivity index (χ3n) is 1.77. The van der Waals surface area contributed by atoms with Gasteiger partial charge in [0.05, 0.1) is 0 Å². The van der Waals surface area contributed by atoms with Crippen molar-refractivity contribution in [3.63, 3.8) is 0 Å². The van der Waals surface area contributed by atoms with Crippen LogP contribution < -0.4 is 5.32 Å². The average molecular weight is 150 g/mol. The molecule has 1 N–H and O–H groups in total. The predicted octanol–water partition coefficient (Wildman–Crippen LogP) is 1.86. The zero-order chi connectivity index (χ0) is 8.10. The predicted molar refractivity (Wildman–Crippen MR) is 48.6 cm³/mol. The second-order valence-electron chi connectivity index (χ2n) is 2.50. The number of allylic oxidation sites excluding steroid dienone is 1. The maximum atomic E-state index is 4.34. The van der Waals surface area contributed by atoms with E-state index in [4.69, 9.17) is 0 Å². The number of rotatable bonds is 1. The lowest BCUT2D eigenvalue weighted by Crippen LogP contribution is -2.22. The molecule has 0 aliphatic carbocycles. The third kappa shape index (κ3) is 1.93. The van der Waals surface area contributed by atoms with Gasteiger partial charge >= 0.3 is 0 Å². The molecule has 1 rings (SSSR count). The molecule has 2 heteroatoms. The standard InChI is InChI=1S/C9H14N2/c1-3-8-6-5-7-11-9(8)10-4-2/h3-4H,2,5-7H2,1H3,(H,10,11)/b8-3-. The van der Waals surface area contributed by atoms with E-state index >= 15 is 0 Å². The van der Waals surface area contributed by atoms with Gasteiger partial charge in [0.25, 0.3) is 0 Å². The SMILES string of the molecule is C=CNC1=NCCC/C1=C/C. The lowest BCUT2D eigenvalue weighted by Gasteiger charge is -2.14. The Balaban J connectivity index is 2.71. The first-order valence-electron chi connectivity index (χ1n) is 3.96. The third-order valence-corrected chi connectivity index (χ3v) is 1.77. The smallest absolute Gasteiger partial charge is 0.127 e. The molecule has 2 nitrogen and oxygen atoms in total. The summed E-state index contributed by atoms with van der Waals surface area (Å²) in [5.74, 6) is 0.994. The van der Waals surface area contributed by atoms with E-state index in [9.17, 15) is 0 Å². The number of nitrogens with zero attached hydrogens (tertiary/aromatic N) is 1. The first-order valence-corrected chi connectivity index (χ1v) is 3.96. The summed E-state index contributed by atoms with van der Waals surface area (Å²) in [6.45, 7) is 6.58. The highest BCUT2D eigenvalue weighted by molar-refractivity contribution is 5.99. The van der Waals surface area contributed by atoms with Crippen LogP contribution in [-0.4, -0.2) is 12.4 Å². The van der Waals surface area contributed by atoms with Crippen LogP contribution in [-0.2, 0) is 0 Å². The van der Waals surface area contributed by atoms with Crippen molar-refractivity contribution in [2.75, 3.05) is 6.54 Å². The minimum Gasteiger partial charge on any atom is -0.347 e. The van der Waals surface area contributed by atoms with Gasteiger partial charge in [-0.1, -0.05) is 12.7 Å². The highest BCUT2D eigenvalue weighted by Crippen LogP contribution is 2.11. The Kier molecular flexibility index (Phi) is 2.90. The van der Waals surface area contributed by atoms with Crippen LogP contribution in [0.25, 0.3) is 0 Å². The Morgan fingerprint density at radius 3 is 3.09 bits per heavy atom. The Labute approximate surface area is 67.7 Å². The van der Waals surface area contributed by atoms with Crippen LogP contribution in [0.15, 0.2) is 29.4 Å². The molecule has 1 aliphatic heterocycles. The largest absolute Gasteiger partial charge is 0.347 e. The van der Waals surface area contributed by atoms with Gasteiger partial charge in [0.2, 0.25) is 0 Å². The van der Waals surface area contributed by atoms with E-state index in [2.05, 4.69) is 23.0 Å². The van der Waals surface area contributed by atoms with Crippen LogP contribution in [0, 0.1) is 0 Å². The fraction of sp³-hybridized carbons (Fsp3) is 0.444. The summed E-state index contributed by atoms with van der Waals surface area (Å²) in [6.07, 6.45) is 6.08. The molecule has 0 saturated carbocycles. The van der Waals surface area contributed by atoms with Gasteiger partial charge in [-0.05, 0) is 31.5 Å². The van der Waals surface area contributed by atoms with Crippen LogP contribution in [0.3, 0.4) is 0 Å². The summed E-state index contributed by atoms with van der Waals surface area (Å²) in [4.78, 5) is 4.34. The summed E-state index contributed by atoms with van der Waals surface area (Å²) in [6, 6.07) is 0. The second-order valence-corrected chi connectivity index (χ2v) is 2.50. The summed E-state index contributed by atoms with van der Waals surface area (Å²) in [7, 11) is 0. The molecule has 0 saturated heterocycles. The van der Waals surface area contributed by atoms with Gasteiger partial charge in [-0.3, -0.25) is 4.99 Å². The van der Waals surface area contributed by atoms with Crippen molar-refractivity contribution in [2.24, 2.45) is 4.99 Å². The van der Waals surface area contributed by atoms with Gasteiger partial charge in [0, 0.05) is 6.54 Å². The first kappa shape index (κ1) is 8.05. The van der Waals surface area contributed by atoms with E-state index in [0.717, 1.165) is 18.8 Å².